The van der Waals surface area contributed by atoms with E-state index in [0.29, 0.717) is 17.8 Å². The van der Waals surface area contributed by atoms with Crippen molar-refractivity contribution in [3.63, 3.8) is 0 Å². The monoisotopic (exact) mass is 208 g/mol. The Morgan fingerprint density at radius 1 is 1.33 bits per heavy atom. The molecular formula is C11H16N2O2. The van der Waals surface area contributed by atoms with Gasteiger partial charge in [0.15, 0.2) is 0 Å². The molecule has 0 saturated heterocycles. The van der Waals surface area contributed by atoms with Gasteiger partial charge in [0.1, 0.15) is 11.4 Å². The maximum Gasteiger partial charge on any atom is 0.129 e. The molecule has 0 aromatic heterocycles. The predicted molar refractivity (Wildman–Crippen MR) is 59.7 cm³/mol. The molecular weight excluding hydrogens is 192 g/mol. The summed E-state index contributed by atoms with van der Waals surface area (Å²) in [4.78, 5) is 0. The van der Waals surface area contributed by atoms with Crippen LogP contribution in [0.1, 0.15) is 19.4 Å². The second-order valence-electron chi connectivity index (χ2n) is 4.51. The number of fused-ring (bicyclic) bond motifs is 1. The van der Waals surface area contributed by atoms with Gasteiger partial charge in [-0.15, -0.1) is 0 Å². The number of aliphatic hydroxyl groups excluding tert-OH is 1. The van der Waals surface area contributed by atoms with Crippen molar-refractivity contribution in [3.8, 4) is 5.75 Å². The lowest BCUT2D eigenvalue weighted by atomic mass is 9.91. The molecule has 0 radical (unpaired) electrons. The number of nitrogens with two attached hydrogens (primary N) is 2. The van der Waals surface area contributed by atoms with Crippen LogP contribution in [-0.2, 0) is 6.42 Å². The fraction of sp³-hybridized carbons (Fsp3) is 0.455. The first kappa shape index (κ1) is 10.1. The fourth-order valence-electron chi connectivity index (χ4n) is 1.72. The Morgan fingerprint density at radius 3 is 2.60 bits per heavy atom. The molecule has 1 heterocycles. The highest BCUT2D eigenvalue weighted by Crippen LogP contribution is 2.36. The third kappa shape index (κ3) is 1.61. The summed E-state index contributed by atoms with van der Waals surface area (Å²) in [5, 5.41) is 9.85. The minimum absolute atomic E-state index is 0.515. The van der Waals surface area contributed by atoms with Crippen molar-refractivity contribution < 1.29 is 9.84 Å². The van der Waals surface area contributed by atoms with Crippen LogP contribution in [0.3, 0.4) is 0 Å². The van der Waals surface area contributed by atoms with Crippen LogP contribution in [0.4, 0.5) is 11.4 Å². The number of aliphatic hydroxyl groups is 1. The second-order valence-corrected chi connectivity index (χ2v) is 4.51. The maximum absolute atomic E-state index is 9.85. The Kier molecular flexibility index (Phi) is 2.04. The number of rotatable bonds is 0. The van der Waals surface area contributed by atoms with Gasteiger partial charge in [-0.05, 0) is 25.5 Å². The summed E-state index contributed by atoms with van der Waals surface area (Å²) >= 11 is 0. The first-order chi connectivity index (χ1) is 6.90. The van der Waals surface area contributed by atoms with Gasteiger partial charge in [0, 0.05) is 12.5 Å². The number of nitrogen functional groups attached to an aromatic ring is 2. The van der Waals surface area contributed by atoms with E-state index in [0.717, 1.165) is 11.3 Å². The molecule has 82 valence electrons. The zero-order valence-corrected chi connectivity index (χ0v) is 8.95. The first-order valence-corrected chi connectivity index (χ1v) is 4.95. The van der Waals surface area contributed by atoms with E-state index in [1.54, 1.807) is 12.1 Å². The van der Waals surface area contributed by atoms with Crippen molar-refractivity contribution in [2.24, 2.45) is 0 Å². The summed E-state index contributed by atoms with van der Waals surface area (Å²) in [5.41, 5.74) is 12.8. The molecule has 1 aromatic carbocycles. The molecule has 2 rings (SSSR count). The van der Waals surface area contributed by atoms with Gasteiger partial charge < -0.3 is 21.3 Å². The van der Waals surface area contributed by atoms with E-state index in [2.05, 4.69) is 0 Å². The molecule has 0 unspecified atom stereocenters. The zero-order valence-electron chi connectivity index (χ0n) is 8.95. The molecule has 4 nitrogen and oxygen atoms in total. The normalized spacial score (nSPS) is 23.0. The van der Waals surface area contributed by atoms with Gasteiger partial charge >= 0.3 is 0 Å². The van der Waals surface area contributed by atoms with Gasteiger partial charge in [0.05, 0.1) is 17.5 Å². The van der Waals surface area contributed by atoms with E-state index in [1.807, 2.05) is 13.8 Å². The van der Waals surface area contributed by atoms with Gasteiger partial charge in [0.25, 0.3) is 0 Å². The lowest BCUT2D eigenvalue weighted by Crippen LogP contribution is -2.46. The average Bonchev–Trinajstić information content (AvgIpc) is 2.11. The van der Waals surface area contributed by atoms with Gasteiger partial charge in [0.2, 0.25) is 0 Å². The summed E-state index contributed by atoms with van der Waals surface area (Å²) in [6.45, 7) is 3.71. The molecule has 0 spiro atoms. The van der Waals surface area contributed by atoms with Crippen LogP contribution in [0, 0.1) is 0 Å². The van der Waals surface area contributed by atoms with Crippen LogP contribution in [0.5, 0.6) is 5.75 Å². The van der Waals surface area contributed by atoms with Gasteiger partial charge in [-0.1, -0.05) is 0 Å². The van der Waals surface area contributed by atoms with Gasteiger partial charge in [-0.2, -0.15) is 0 Å². The maximum atomic E-state index is 9.85. The fourth-order valence-corrected chi connectivity index (χ4v) is 1.72. The summed E-state index contributed by atoms with van der Waals surface area (Å²) < 4.78 is 5.68. The highest BCUT2D eigenvalue weighted by molar-refractivity contribution is 5.68. The predicted octanol–water partition coefficient (Wildman–Crippen LogP) is 0.925. The molecule has 1 aliphatic heterocycles. The SMILES string of the molecule is CC1(C)Oc2cc(N)c(N)cc2C[C@H]1O. The standard InChI is InChI=1S/C11H16N2O2/c1-11(2)10(14)4-6-3-7(12)8(13)5-9(6)15-11/h3,5,10,14H,4,12-13H2,1-2H3/t10-/m1/s1. The molecule has 0 bridgehead atoms. The lowest BCUT2D eigenvalue weighted by molar-refractivity contribution is -0.0410. The van der Waals surface area contributed by atoms with Gasteiger partial charge in [-0.3, -0.25) is 0 Å². The smallest absolute Gasteiger partial charge is 0.129 e. The summed E-state index contributed by atoms with van der Waals surface area (Å²) in [6, 6.07) is 3.49. The minimum atomic E-state index is -0.574. The second kappa shape index (κ2) is 3.03. The molecule has 0 amide bonds. The summed E-state index contributed by atoms with van der Waals surface area (Å²) in [6.07, 6.45) is 0.0281. The Bertz CT molecular complexity index is 402. The van der Waals surface area contributed by atoms with E-state index in [9.17, 15) is 5.11 Å². The topological polar surface area (TPSA) is 81.5 Å². The van der Waals surface area contributed by atoms with E-state index in [1.165, 1.54) is 0 Å². The largest absolute Gasteiger partial charge is 0.485 e. The van der Waals surface area contributed by atoms with Crippen molar-refractivity contribution >= 4 is 11.4 Å². The van der Waals surface area contributed by atoms with Gasteiger partial charge in [-0.25, -0.2) is 0 Å². The van der Waals surface area contributed by atoms with E-state index < -0.39 is 11.7 Å². The highest BCUT2D eigenvalue weighted by Gasteiger charge is 2.35. The molecule has 1 aromatic rings. The van der Waals surface area contributed by atoms with Crippen LogP contribution in [0.25, 0.3) is 0 Å². The summed E-state index contributed by atoms with van der Waals surface area (Å²) in [5.74, 6) is 0.719. The molecule has 15 heavy (non-hydrogen) atoms. The molecule has 1 aliphatic rings. The zero-order chi connectivity index (χ0) is 11.2. The highest BCUT2D eigenvalue weighted by atomic mass is 16.5. The Labute approximate surface area is 88.8 Å². The van der Waals surface area contributed by atoms with Crippen LogP contribution in [0.2, 0.25) is 0 Å². The van der Waals surface area contributed by atoms with Crippen LogP contribution < -0.4 is 16.2 Å². The lowest BCUT2D eigenvalue weighted by Gasteiger charge is -2.37. The van der Waals surface area contributed by atoms with Crippen molar-refractivity contribution in [1.82, 2.24) is 0 Å². The Balaban J connectivity index is 2.46. The molecule has 4 heteroatoms. The van der Waals surface area contributed by atoms with Crippen molar-refractivity contribution in [2.75, 3.05) is 11.5 Å². The molecule has 5 N–H and O–H groups in total. The molecule has 0 fully saturated rings. The van der Waals surface area contributed by atoms with Crippen LogP contribution >= 0.6 is 0 Å². The van der Waals surface area contributed by atoms with Crippen LogP contribution in [0.15, 0.2) is 12.1 Å². The van der Waals surface area contributed by atoms with Crippen molar-refractivity contribution in [2.45, 2.75) is 32.0 Å². The van der Waals surface area contributed by atoms with E-state index in [4.69, 9.17) is 16.2 Å². The molecule has 1 atom stereocenters. The van der Waals surface area contributed by atoms with Crippen molar-refractivity contribution in [3.05, 3.63) is 17.7 Å². The molecule has 0 aliphatic carbocycles. The average molecular weight is 208 g/mol. The number of ether oxygens (including phenoxy) is 1. The number of anilines is 2. The van der Waals surface area contributed by atoms with Crippen LogP contribution in [-0.4, -0.2) is 16.8 Å². The third-order valence-electron chi connectivity index (χ3n) is 2.85. The van der Waals surface area contributed by atoms with E-state index >= 15 is 0 Å². The number of hydrogen-bond acceptors (Lipinski definition) is 4. The Hall–Kier alpha value is -1.42. The summed E-state index contributed by atoms with van der Waals surface area (Å²) in [7, 11) is 0. The quantitative estimate of drug-likeness (QED) is 0.554. The minimum Gasteiger partial charge on any atom is -0.485 e. The Morgan fingerprint density at radius 2 is 1.93 bits per heavy atom. The van der Waals surface area contributed by atoms with E-state index in [-0.39, 0.29) is 0 Å². The molecule has 0 saturated carbocycles. The van der Waals surface area contributed by atoms with Crippen molar-refractivity contribution in [1.29, 1.82) is 0 Å². The number of benzene rings is 1. The first-order valence-electron chi connectivity index (χ1n) is 4.95. The third-order valence-corrected chi connectivity index (χ3v) is 2.85. The number of hydrogen-bond donors (Lipinski definition) is 3.